The average Bonchev–Trinajstić information content (AvgIpc) is 2.67. The van der Waals surface area contributed by atoms with Crippen LogP contribution in [0, 0.1) is 5.92 Å². The molecule has 0 saturated heterocycles. The number of fused-ring (bicyclic) bond motifs is 3. The van der Waals surface area contributed by atoms with Crippen LogP contribution in [0.25, 0.3) is 0 Å². The summed E-state index contributed by atoms with van der Waals surface area (Å²) in [5.74, 6) is 2.20. The number of aliphatic hydroxyl groups is 1. The Balaban J connectivity index is 1.45. The van der Waals surface area contributed by atoms with Crippen LogP contribution in [-0.2, 0) is 6.42 Å². The zero-order valence-electron chi connectivity index (χ0n) is 18.4. The molecule has 1 saturated carbocycles. The lowest BCUT2D eigenvalue weighted by Crippen LogP contribution is -2.47. The van der Waals surface area contributed by atoms with Gasteiger partial charge in [0.2, 0.25) is 0 Å². The Labute approximate surface area is 180 Å². The van der Waals surface area contributed by atoms with E-state index in [9.17, 15) is 5.11 Å². The fourth-order valence-electron chi connectivity index (χ4n) is 5.36. The van der Waals surface area contributed by atoms with E-state index >= 15 is 0 Å². The van der Waals surface area contributed by atoms with Crippen LogP contribution in [0.3, 0.4) is 0 Å². The molecule has 4 heteroatoms. The molecule has 0 amide bonds. The number of hydrogen-bond donors (Lipinski definition) is 2. The van der Waals surface area contributed by atoms with Crippen molar-refractivity contribution < 1.29 is 14.6 Å². The van der Waals surface area contributed by atoms with E-state index in [0.29, 0.717) is 5.92 Å². The van der Waals surface area contributed by atoms with Crippen molar-refractivity contribution in [2.24, 2.45) is 5.92 Å². The number of anilines is 1. The summed E-state index contributed by atoms with van der Waals surface area (Å²) >= 11 is 0. The van der Waals surface area contributed by atoms with E-state index in [0.717, 1.165) is 61.3 Å². The summed E-state index contributed by atoms with van der Waals surface area (Å²) in [6.07, 6.45) is 5.53. The smallest absolute Gasteiger partial charge is 0.129 e. The van der Waals surface area contributed by atoms with Crippen LogP contribution in [-0.4, -0.2) is 22.9 Å². The molecule has 0 aromatic heterocycles. The molecule has 30 heavy (non-hydrogen) atoms. The van der Waals surface area contributed by atoms with Gasteiger partial charge >= 0.3 is 0 Å². The van der Waals surface area contributed by atoms with Gasteiger partial charge in [0, 0.05) is 29.3 Å². The predicted molar refractivity (Wildman–Crippen MR) is 121 cm³/mol. The van der Waals surface area contributed by atoms with Crippen LogP contribution in [0.15, 0.2) is 42.5 Å². The lowest BCUT2D eigenvalue weighted by Gasteiger charge is -2.48. The summed E-state index contributed by atoms with van der Waals surface area (Å²) in [4.78, 5) is 0. The predicted octanol–water partition coefficient (Wildman–Crippen LogP) is 5.47. The van der Waals surface area contributed by atoms with Crippen LogP contribution in [0.5, 0.6) is 11.5 Å². The number of benzene rings is 2. The highest BCUT2D eigenvalue weighted by molar-refractivity contribution is 5.62. The first-order valence-corrected chi connectivity index (χ1v) is 11.3. The molecule has 4 atom stereocenters. The molecule has 3 N–H and O–H groups in total. The second-order valence-electron chi connectivity index (χ2n) is 9.62. The van der Waals surface area contributed by atoms with Gasteiger partial charge < -0.3 is 20.3 Å². The molecule has 4 nitrogen and oxygen atoms in total. The first-order chi connectivity index (χ1) is 14.3. The van der Waals surface area contributed by atoms with Gasteiger partial charge in [-0.05, 0) is 70.8 Å². The van der Waals surface area contributed by atoms with Crippen molar-refractivity contribution in [2.75, 3.05) is 5.73 Å². The maximum Gasteiger partial charge on any atom is 0.129 e. The number of rotatable bonds is 6. The normalized spacial score (nSPS) is 25.5. The van der Waals surface area contributed by atoms with Crippen molar-refractivity contribution in [3.05, 3.63) is 53.6 Å². The number of aryl methyl sites for hydroxylation is 1. The quantitative estimate of drug-likeness (QED) is 0.621. The molecule has 0 spiro atoms. The summed E-state index contributed by atoms with van der Waals surface area (Å²) in [6.45, 7) is 6.42. The summed E-state index contributed by atoms with van der Waals surface area (Å²) in [6, 6.07) is 14.5. The highest BCUT2D eigenvalue weighted by atomic mass is 16.5. The Bertz CT molecular complexity index is 864. The van der Waals surface area contributed by atoms with Crippen molar-refractivity contribution in [1.82, 2.24) is 0 Å². The Morgan fingerprint density at radius 3 is 2.73 bits per heavy atom. The fraction of sp³-hybridized carbons (Fsp3) is 0.538. The van der Waals surface area contributed by atoms with E-state index in [4.69, 9.17) is 15.2 Å². The first-order valence-electron chi connectivity index (χ1n) is 11.3. The van der Waals surface area contributed by atoms with Gasteiger partial charge in [0.15, 0.2) is 0 Å². The third-order valence-electron chi connectivity index (χ3n) is 6.86. The molecule has 2 aliphatic rings. The molecule has 1 aliphatic heterocycles. The van der Waals surface area contributed by atoms with Crippen LogP contribution >= 0.6 is 0 Å². The fourth-order valence-corrected chi connectivity index (χ4v) is 5.36. The minimum atomic E-state index is -0.274. The zero-order valence-corrected chi connectivity index (χ0v) is 18.4. The van der Waals surface area contributed by atoms with Crippen molar-refractivity contribution >= 4 is 5.69 Å². The molecule has 162 valence electrons. The van der Waals surface area contributed by atoms with E-state index in [1.807, 2.05) is 12.1 Å². The van der Waals surface area contributed by atoms with Gasteiger partial charge in [-0.15, -0.1) is 0 Å². The first kappa shape index (κ1) is 21.0. The molecule has 2 aromatic carbocycles. The Morgan fingerprint density at radius 1 is 1.20 bits per heavy atom. The third kappa shape index (κ3) is 4.44. The summed E-state index contributed by atoms with van der Waals surface area (Å²) < 4.78 is 12.6. The van der Waals surface area contributed by atoms with Gasteiger partial charge in [-0.2, -0.15) is 0 Å². The Hall–Kier alpha value is -2.20. The minimum Gasteiger partial charge on any atom is -0.491 e. The summed E-state index contributed by atoms with van der Waals surface area (Å²) in [5.41, 5.74) is 9.36. The molecule has 0 bridgehead atoms. The molecule has 2 aromatic rings. The van der Waals surface area contributed by atoms with Gasteiger partial charge in [-0.3, -0.25) is 0 Å². The van der Waals surface area contributed by atoms with E-state index in [1.54, 1.807) is 0 Å². The van der Waals surface area contributed by atoms with Crippen molar-refractivity contribution in [3.8, 4) is 11.5 Å². The van der Waals surface area contributed by atoms with Crippen molar-refractivity contribution in [1.29, 1.82) is 0 Å². The van der Waals surface area contributed by atoms with Gasteiger partial charge in [0.25, 0.3) is 0 Å². The molecular weight excluding hydrogens is 374 g/mol. The number of nitrogens with two attached hydrogens (primary N) is 1. The minimum absolute atomic E-state index is 0.104. The van der Waals surface area contributed by atoms with Gasteiger partial charge in [-0.25, -0.2) is 0 Å². The van der Waals surface area contributed by atoms with Crippen LogP contribution in [0.4, 0.5) is 5.69 Å². The maximum absolute atomic E-state index is 10.3. The van der Waals surface area contributed by atoms with Crippen molar-refractivity contribution in [3.63, 3.8) is 0 Å². The van der Waals surface area contributed by atoms with Crippen LogP contribution in [0.2, 0.25) is 0 Å². The summed E-state index contributed by atoms with van der Waals surface area (Å²) in [7, 11) is 0. The molecule has 0 radical (unpaired) electrons. The Kier molecular flexibility index (Phi) is 5.97. The second-order valence-corrected chi connectivity index (χ2v) is 9.62. The zero-order chi connectivity index (χ0) is 21.3. The SMILES string of the molecule is CC(CCCc1ccccc1)Oc1cc(N)c2c(c1)OC(C)(C)C1CCC(O)CC21. The van der Waals surface area contributed by atoms with E-state index < -0.39 is 0 Å². The summed E-state index contributed by atoms with van der Waals surface area (Å²) in [5, 5.41) is 10.3. The number of ether oxygens (including phenoxy) is 2. The van der Waals surface area contributed by atoms with Gasteiger partial charge in [0.05, 0.1) is 12.2 Å². The van der Waals surface area contributed by atoms with Gasteiger partial charge in [0.1, 0.15) is 17.1 Å². The molecule has 1 fully saturated rings. The van der Waals surface area contributed by atoms with Gasteiger partial charge in [-0.1, -0.05) is 30.3 Å². The van der Waals surface area contributed by atoms with E-state index in [2.05, 4.69) is 51.1 Å². The number of aliphatic hydroxyl groups excluding tert-OH is 1. The third-order valence-corrected chi connectivity index (χ3v) is 6.86. The molecular formula is C26H35NO3. The van der Waals surface area contributed by atoms with Crippen molar-refractivity contribution in [2.45, 2.75) is 83.0 Å². The molecule has 1 aliphatic carbocycles. The van der Waals surface area contributed by atoms with Crippen LogP contribution in [0.1, 0.15) is 69.9 Å². The highest BCUT2D eigenvalue weighted by Gasteiger charge is 2.47. The topological polar surface area (TPSA) is 64.7 Å². The second kappa shape index (κ2) is 8.50. The van der Waals surface area contributed by atoms with Crippen LogP contribution < -0.4 is 15.2 Å². The standard InChI is InChI=1S/C26H35NO3/c1-17(8-7-11-18-9-5-4-6-10-18)29-20-15-23(27)25-21-14-19(28)12-13-22(21)26(2,3)30-24(25)16-20/h4-6,9-10,15-17,19,21-22,28H,7-8,11-14,27H2,1-3H3. The molecule has 4 unspecified atom stereocenters. The van der Waals surface area contributed by atoms with E-state index in [1.165, 1.54) is 5.56 Å². The largest absolute Gasteiger partial charge is 0.491 e. The maximum atomic E-state index is 10.3. The average molecular weight is 410 g/mol. The monoisotopic (exact) mass is 409 g/mol. The number of nitrogen functional groups attached to an aromatic ring is 1. The molecule has 4 rings (SSSR count). The highest BCUT2D eigenvalue weighted by Crippen LogP contribution is 2.54. The lowest BCUT2D eigenvalue weighted by atomic mass is 9.66. The molecule has 1 heterocycles. The number of hydrogen-bond acceptors (Lipinski definition) is 4. The Morgan fingerprint density at radius 2 is 1.97 bits per heavy atom. The van der Waals surface area contributed by atoms with E-state index in [-0.39, 0.29) is 23.7 Å². The lowest BCUT2D eigenvalue weighted by molar-refractivity contribution is -0.0307.